The molecule has 5 heteroatoms. The van der Waals surface area contributed by atoms with Crippen LogP contribution in [0.1, 0.15) is 76.8 Å². The number of fused-ring (bicyclic) bond motifs is 1. The molecule has 2 heterocycles. The first-order valence-electron chi connectivity index (χ1n) is 11.4. The van der Waals surface area contributed by atoms with Crippen molar-refractivity contribution in [1.29, 1.82) is 0 Å². The van der Waals surface area contributed by atoms with E-state index >= 15 is 0 Å². The van der Waals surface area contributed by atoms with Crippen molar-refractivity contribution in [1.82, 2.24) is 9.97 Å². The van der Waals surface area contributed by atoms with E-state index in [2.05, 4.69) is 16.9 Å². The summed E-state index contributed by atoms with van der Waals surface area (Å²) < 4.78 is 26.7. The Labute approximate surface area is 181 Å². The molecule has 0 fully saturated rings. The van der Waals surface area contributed by atoms with Crippen LogP contribution in [0.25, 0.3) is 11.0 Å². The van der Waals surface area contributed by atoms with Crippen molar-refractivity contribution in [3.63, 3.8) is 0 Å². The predicted molar refractivity (Wildman–Crippen MR) is 124 cm³/mol. The summed E-state index contributed by atoms with van der Waals surface area (Å²) in [6, 6.07) is 12.3. The van der Waals surface area contributed by atoms with E-state index in [1.807, 2.05) is 12.1 Å². The molecule has 1 aromatic carbocycles. The molecule has 0 saturated carbocycles. The number of pyridine rings is 1. The van der Waals surface area contributed by atoms with Gasteiger partial charge in [0.05, 0.1) is 4.90 Å². The van der Waals surface area contributed by atoms with Crippen LogP contribution in [0.5, 0.6) is 0 Å². The lowest BCUT2D eigenvalue weighted by molar-refractivity contribution is 0.554. The third kappa shape index (κ3) is 5.72. The average molecular weight is 427 g/mol. The van der Waals surface area contributed by atoms with Gasteiger partial charge in [-0.05, 0) is 37.1 Å². The molecule has 30 heavy (non-hydrogen) atoms. The van der Waals surface area contributed by atoms with Gasteiger partial charge in [-0.3, -0.25) is 0 Å². The fourth-order valence-corrected chi connectivity index (χ4v) is 5.72. The SMILES string of the molecule is CCCCCCCCCCCCc1[nH]c2ncccc2c1S(=O)(=O)c1ccccc1. The van der Waals surface area contributed by atoms with Crippen LogP contribution in [0.2, 0.25) is 0 Å². The Morgan fingerprint density at radius 3 is 2.10 bits per heavy atom. The quantitative estimate of drug-likeness (QED) is 0.304. The molecule has 1 N–H and O–H groups in total. The molecule has 0 amide bonds. The maximum atomic E-state index is 13.4. The van der Waals surface area contributed by atoms with Crippen molar-refractivity contribution < 1.29 is 8.42 Å². The Hall–Kier alpha value is -2.14. The van der Waals surface area contributed by atoms with Gasteiger partial charge in [-0.15, -0.1) is 0 Å². The topological polar surface area (TPSA) is 62.8 Å². The minimum absolute atomic E-state index is 0.332. The summed E-state index contributed by atoms with van der Waals surface area (Å²) in [5.41, 5.74) is 1.43. The minimum Gasteiger partial charge on any atom is -0.342 e. The van der Waals surface area contributed by atoms with Crippen LogP contribution in [0.15, 0.2) is 58.5 Å². The predicted octanol–water partition coefficient (Wildman–Crippen LogP) is 6.86. The van der Waals surface area contributed by atoms with Gasteiger partial charge in [0.1, 0.15) is 10.5 Å². The third-order valence-electron chi connectivity index (χ3n) is 5.70. The van der Waals surface area contributed by atoms with Gasteiger partial charge < -0.3 is 4.98 Å². The summed E-state index contributed by atoms with van der Waals surface area (Å²) in [5.74, 6) is 0. The molecule has 0 atom stereocenters. The van der Waals surface area contributed by atoms with Gasteiger partial charge >= 0.3 is 0 Å². The zero-order valence-corrected chi connectivity index (χ0v) is 18.9. The van der Waals surface area contributed by atoms with Crippen molar-refractivity contribution in [2.45, 2.75) is 87.3 Å². The summed E-state index contributed by atoms with van der Waals surface area (Å²) in [6.45, 7) is 2.25. The van der Waals surface area contributed by atoms with Crippen LogP contribution < -0.4 is 0 Å². The number of benzene rings is 1. The molecular weight excluding hydrogens is 392 g/mol. The van der Waals surface area contributed by atoms with Crippen molar-refractivity contribution in [3.05, 3.63) is 54.4 Å². The molecule has 2 aromatic heterocycles. The first kappa shape index (κ1) is 22.5. The van der Waals surface area contributed by atoms with Crippen LogP contribution in [-0.2, 0) is 16.3 Å². The number of hydrogen-bond acceptors (Lipinski definition) is 3. The van der Waals surface area contributed by atoms with Crippen LogP contribution in [0.3, 0.4) is 0 Å². The van der Waals surface area contributed by atoms with Gasteiger partial charge in [-0.2, -0.15) is 0 Å². The second-order valence-electron chi connectivity index (χ2n) is 8.08. The van der Waals surface area contributed by atoms with E-state index in [1.165, 1.54) is 51.4 Å². The summed E-state index contributed by atoms with van der Waals surface area (Å²) in [5, 5.41) is 0.684. The van der Waals surface area contributed by atoms with Crippen molar-refractivity contribution in [3.8, 4) is 0 Å². The molecule has 0 radical (unpaired) electrons. The molecule has 0 saturated heterocycles. The number of hydrogen-bond donors (Lipinski definition) is 1. The maximum Gasteiger partial charge on any atom is 0.209 e. The van der Waals surface area contributed by atoms with Gasteiger partial charge in [0.25, 0.3) is 0 Å². The first-order chi connectivity index (χ1) is 14.6. The average Bonchev–Trinajstić information content (AvgIpc) is 3.15. The third-order valence-corrected chi connectivity index (χ3v) is 7.59. The Morgan fingerprint density at radius 1 is 0.800 bits per heavy atom. The molecule has 3 aromatic rings. The van der Waals surface area contributed by atoms with Crippen LogP contribution >= 0.6 is 0 Å². The van der Waals surface area contributed by atoms with Crippen LogP contribution in [0, 0.1) is 0 Å². The summed E-state index contributed by atoms with van der Waals surface area (Å²) in [6.07, 6.45) is 15.1. The smallest absolute Gasteiger partial charge is 0.209 e. The fourth-order valence-electron chi connectivity index (χ4n) is 4.04. The molecule has 4 nitrogen and oxygen atoms in total. The van der Waals surface area contributed by atoms with Crippen molar-refractivity contribution in [2.75, 3.05) is 0 Å². The summed E-state index contributed by atoms with van der Waals surface area (Å²) >= 11 is 0. The van der Waals surface area contributed by atoms with Gasteiger partial charge in [0.15, 0.2) is 0 Å². The number of aromatic nitrogens is 2. The zero-order valence-electron chi connectivity index (χ0n) is 18.1. The standard InChI is InChI=1S/C25H34N2O2S/c1-2-3-4-5-6-7-8-9-10-14-19-23-24(22-18-15-20-26-25(22)27-23)30(28,29)21-16-12-11-13-17-21/h11-13,15-18,20H,2-10,14,19H2,1H3,(H,26,27). The highest BCUT2D eigenvalue weighted by Crippen LogP contribution is 2.31. The number of rotatable bonds is 13. The number of nitrogens with zero attached hydrogens (tertiary/aromatic N) is 1. The minimum atomic E-state index is -3.59. The van der Waals surface area contributed by atoms with E-state index < -0.39 is 9.84 Å². The molecule has 0 bridgehead atoms. The molecular formula is C25H34N2O2S. The van der Waals surface area contributed by atoms with E-state index in [9.17, 15) is 8.42 Å². The van der Waals surface area contributed by atoms with E-state index in [0.29, 0.717) is 20.8 Å². The summed E-state index contributed by atoms with van der Waals surface area (Å²) in [7, 11) is -3.59. The summed E-state index contributed by atoms with van der Waals surface area (Å²) in [4.78, 5) is 8.36. The maximum absolute atomic E-state index is 13.4. The molecule has 0 aliphatic rings. The van der Waals surface area contributed by atoms with Crippen molar-refractivity contribution >= 4 is 20.9 Å². The second-order valence-corrected chi connectivity index (χ2v) is 9.97. The monoisotopic (exact) mass is 426 g/mol. The molecule has 0 unspecified atom stereocenters. The van der Waals surface area contributed by atoms with E-state index in [-0.39, 0.29) is 0 Å². The number of H-pyrrole nitrogens is 1. The molecule has 162 valence electrons. The highest BCUT2D eigenvalue weighted by molar-refractivity contribution is 7.91. The lowest BCUT2D eigenvalue weighted by Crippen LogP contribution is -2.05. The Morgan fingerprint density at radius 2 is 1.43 bits per heavy atom. The number of sulfone groups is 1. The Kier molecular flexibility index (Phi) is 8.50. The van der Waals surface area contributed by atoms with Gasteiger partial charge in [0, 0.05) is 17.3 Å². The fraction of sp³-hybridized carbons (Fsp3) is 0.480. The van der Waals surface area contributed by atoms with Gasteiger partial charge in [0.2, 0.25) is 9.84 Å². The van der Waals surface area contributed by atoms with Crippen molar-refractivity contribution in [2.24, 2.45) is 0 Å². The number of aryl methyl sites for hydroxylation is 1. The number of unbranched alkanes of at least 4 members (excludes halogenated alkanes) is 9. The zero-order chi connectivity index (χ0) is 21.2. The number of nitrogens with one attached hydrogen (secondary N) is 1. The van der Waals surface area contributed by atoms with E-state index in [1.54, 1.807) is 36.5 Å². The second kappa shape index (κ2) is 11.3. The van der Waals surface area contributed by atoms with E-state index in [4.69, 9.17) is 0 Å². The normalized spacial score (nSPS) is 11.9. The first-order valence-corrected chi connectivity index (χ1v) is 12.9. The lowest BCUT2D eigenvalue weighted by atomic mass is 10.1. The molecule has 0 aliphatic carbocycles. The highest BCUT2D eigenvalue weighted by atomic mass is 32.2. The molecule has 0 spiro atoms. The van der Waals surface area contributed by atoms with Gasteiger partial charge in [-0.1, -0.05) is 82.9 Å². The highest BCUT2D eigenvalue weighted by Gasteiger charge is 2.26. The Bertz CT molecular complexity index is 1010. The van der Waals surface area contributed by atoms with E-state index in [0.717, 1.165) is 25.0 Å². The van der Waals surface area contributed by atoms with Gasteiger partial charge in [-0.25, -0.2) is 13.4 Å². The molecule has 3 rings (SSSR count). The Balaban J connectivity index is 1.62. The molecule has 0 aliphatic heterocycles. The number of aromatic amines is 1. The van der Waals surface area contributed by atoms with Crippen LogP contribution in [0.4, 0.5) is 0 Å². The largest absolute Gasteiger partial charge is 0.342 e. The van der Waals surface area contributed by atoms with Crippen LogP contribution in [-0.4, -0.2) is 18.4 Å². The lowest BCUT2D eigenvalue weighted by Gasteiger charge is -2.07.